The van der Waals surface area contributed by atoms with E-state index in [-0.39, 0.29) is 0 Å². The fourth-order valence-corrected chi connectivity index (χ4v) is 4.66. The summed E-state index contributed by atoms with van der Waals surface area (Å²) in [6, 6.07) is 10.6. The number of nitrogens with zero attached hydrogens (tertiary/aromatic N) is 4. The number of rotatable bonds is 4. The Labute approximate surface area is 179 Å². The van der Waals surface area contributed by atoms with Gasteiger partial charge in [0.15, 0.2) is 0 Å². The Bertz CT molecular complexity index is 1080. The minimum atomic E-state index is -0.997. The molecule has 1 atom stereocenters. The molecule has 0 radical (unpaired) electrons. The number of fused-ring (bicyclic) bond motifs is 3. The number of hydrogen-bond donors (Lipinski definition) is 1. The average Bonchev–Trinajstić information content (AvgIpc) is 3.08. The number of aromatic nitrogens is 2. The van der Waals surface area contributed by atoms with Gasteiger partial charge in [0.25, 0.3) is 0 Å². The molecule has 0 saturated carbocycles. The van der Waals surface area contributed by atoms with Gasteiger partial charge in [-0.3, -0.25) is 4.90 Å². The molecule has 0 saturated heterocycles. The second kappa shape index (κ2) is 7.76. The van der Waals surface area contributed by atoms with Crippen LogP contribution in [0.3, 0.4) is 0 Å². The SMILES string of the molecule is CCN(CC)c1cccc2nc3n(c12)CCN(C(=O)O)C3c1ccc(Cl)cc1Cl. The zero-order valence-corrected chi connectivity index (χ0v) is 17.8. The van der Waals surface area contributed by atoms with Crippen molar-refractivity contribution in [3.8, 4) is 0 Å². The predicted octanol–water partition coefficient (Wildman–Crippen LogP) is 5.27. The Morgan fingerprint density at radius 2 is 1.97 bits per heavy atom. The molecular weight excluding hydrogens is 411 g/mol. The maximum Gasteiger partial charge on any atom is 0.408 e. The molecule has 1 unspecified atom stereocenters. The first-order valence-corrected chi connectivity index (χ1v) is 10.4. The number of carboxylic acid groups (broad SMARTS) is 1. The molecule has 8 heteroatoms. The van der Waals surface area contributed by atoms with Crippen molar-refractivity contribution in [1.82, 2.24) is 14.5 Å². The van der Waals surface area contributed by atoms with E-state index in [1.807, 2.05) is 12.1 Å². The first-order valence-electron chi connectivity index (χ1n) is 9.64. The molecule has 152 valence electrons. The molecule has 1 aliphatic rings. The van der Waals surface area contributed by atoms with E-state index in [4.69, 9.17) is 28.2 Å². The number of anilines is 1. The molecule has 6 nitrogen and oxygen atoms in total. The quantitative estimate of drug-likeness (QED) is 0.609. The number of halogens is 2. The smallest absolute Gasteiger partial charge is 0.408 e. The van der Waals surface area contributed by atoms with Crippen LogP contribution in [0.5, 0.6) is 0 Å². The van der Waals surface area contributed by atoms with E-state index in [9.17, 15) is 9.90 Å². The minimum absolute atomic E-state index is 0.351. The van der Waals surface area contributed by atoms with Crippen molar-refractivity contribution in [3.63, 3.8) is 0 Å². The lowest BCUT2D eigenvalue weighted by molar-refractivity contribution is 0.119. The van der Waals surface area contributed by atoms with E-state index in [0.29, 0.717) is 34.5 Å². The van der Waals surface area contributed by atoms with Gasteiger partial charge in [-0.1, -0.05) is 35.3 Å². The Kier molecular flexibility index (Phi) is 5.32. The van der Waals surface area contributed by atoms with Gasteiger partial charge in [0.2, 0.25) is 0 Å². The summed E-state index contributed by atoms with van der Waals surface area (Å²) in [4.78, 5) is 20.6. The van der Waals surface area contributed by atoms with Gasteiger partial charge in [-0.25, -0.2) is 9.78 Å². The van der Waals surface area contributed by atoms with Crippen LogP contribution in [0.2, 0.25) is 10.0 Å². The van der Waals surface area contributed by atoms with E-state index < -0.39 is 12.1 Å². The molecule has 0 spiro atoms. The standard InChI is InChI=1S/C21H22Cl2N4O2/c1-3-25(4-2)17-7-5-6-16-19(17)26-10-11-27(21(28)29)18(20(26)24-16)14-9-8-13(22)12-15(14)23/h5-9,12,18H,3-4,10-11H2,1-2H3,(H,28,29). The van der Waals surface area contributed by atoms with Crippen LogP contribution in [-0.4, -0.2) is 45.3 Å². The summed E-state index contributed by atoms with van der Waals surface area (Å²) >= 11 is 12.5. The van der Waals surface area contributed by atoms with Crippen LogP contribution in [-0.2, 0) is 6.54 Å². The predicted molar refractivity (Wildman–Crippen MR) is 116 cm³/mol. The molecule has 1 N–H and O–H groups in total. The van der Waals surface area contributed by atoms with Gasteiger partial charge in [-0.2, -0.15) is 0 Å². The summed E-state index contributed by atoms with van der Waals surface area (Å²) in [5.41, 5.74) is 3.67. The van der Waals surface area contributed by atoms with Crippen molar-refractivity contribution in [1.29, 1.82) is 0 Å². The number of carbonyl (C=O) groups is 1. The normalized spacial score (nSPS) is 16.1. The van der Waals surface area contributed by atoms with Crippen LogP contribution in [0.4, 0.5) is 10.5 Å². The van der Waals surface area contributed by atoms with Gasteiger partial charge in [0.1, 0.15) is 11.9 Å². The Morgan fingerprint density at radius 3 is 2.62 bits per heavy atom. The molecule has 1 aromatic heterocycles. The van der Waals surface area contributed by atoms with Crippen LogP contribution in [0, 0.1) is 0 Å². The van der Waals surface area contributed by atoms with Crippen molar-refractivity contribution >= 4 is 46.0 Å². The van der Waals surface area contributed by atoms with E-state index in [0.717, 1.165) is 29.8 Å². The molecule has 1 aliphatic heterocycles. The van der Waals surface area contributed by atoms with Crippen LogP contribution in [0.1, 0.15) is 31.3 Å². The van der Waals surface area contributed by atoms with Crippen LogP contribution in [0.15, 0.2) is 36.4 Å². The van der Waals surface area contributed by atoms with Crippen molar-refractivity contribution < 1.29 is 9.90 Å². The summed E-state index contributed by atoms with van der Waals surface area (Å²) < 4.78 is 2.14. The number of para-hydroxylation sites is 1. The first kappa shape index (κ1) is 19.9. The molecule has 2 heterocycles. The average molecular weight is 433 g/mol. The maximum absolute atomic E-state index is 12.0. The van der Waals surface area contributed by atoms with Gasteiger partial charge in [0, 0.05) is 41.8 Å². The lowest BCUT2D eigenvalue weighted by atomic mass is 10.0. The number of benzene rings is 2. The number of hydrogen-bond acceptors (Lipinski definition) is 3. The fourth-order valence-electron chi connectivity index (χ4n) is 4.15. The summed E-state index contributed by atoms with van der Waals surface area (Å²) in [7, 11) is 0. The molecule has 0 aliphatic carbocycles. The Morgan fingerprint density at radius 1 is 1.21 bits per heavy atom. The van der Waals surface area contributed by atoms with E-state index >= 15 is 0 Å². The third-order valence-corrected chi connectivity index (χ3v) is 6.06. The van der Waals surface area contributed by atoms with Gasteiger partial charge in [-0.05, 0) is 38.1 Å². The Balaban J connectivity index is 1.96. The Hall–Kier alpha value is -2.44. The van der Waals surface area contributed by atoms with Crippen LogP contribution < -0.4 is 4.90 Å². The maximum atomic E-state index is 12.0. The summed E-state index contributed by atoms with van der Waals surface area (Å²) in [6.45, 7) is 6.90. The molecule has 1 amide bonds. The number of imidazole rings is 1. The van der Waals surface area contributed by atoms with E-state index in [1.54, 1.807) is 18.2 Å². The summed E-state index contributed by atoms with van der Waals surface area (Å²) in [5, 5.41) is 10.8. The molecular formula is C21H22Cl2N4O2. The highest BCUT2D eigenvalue weighted by molar-refractivity contribution is 6.35. The molecule has 29 heavy (non-hydrogen) atoms. The van der Waals surface area contributed by atoms with Crippen molar-refractivity contribution in [3.05, 3.63) is 57.8 Å². The zero-order chi connectivity index (χ0) is 20.7. The van der Waals surface area contributed by atoms with Crippen LogP contribution in [0.25, 0.3) is 11.0 Å². The van der Waals surface area contributed by atoms with Gasteiger partial charge >= 0.3 is 6.09 Å². The highest BCUT2D eigenvalue weighted by Gasteiger charge is 2.36. The van der Waals surface area contributed by atoms with Gasteiger partial charge in [0.05, 0.1) is 16.7 Å². The van der Waals surface area contributed by atoms with Crippen LogP contribution >= 0.6 is 23.2 Å². The molecule has 0 fully saturated rings. The molecule has 0 bridgehead atoms. The minimum Gasteiger partial charge on any atom is -0.465 e. The van der Waals surface area contributed by atoms with E-state index in [1.165, 1.54) is 4.90 Å². The highest BCUT2D eigenvalue weighted by atomic mass is 35.5. The molecule has 4 rings (SSSR count). The molecule has 3 aromatic rings. The first-order chi connectivity index (χ1) is 14.0. The monoisotopic (exact) mass is 432 g/mol. The third kappa shape index (κ3) is 3.30. The second-order valence-corrected chi connectivity index (χ2v) is 7.83. The number of amides is 1. The summed E-state index contributed by atoms with van der Waals surface area (Å²) in [5.74, 6) is 0.678. The van der Waals surface area contributed by atoms with Crippen molar-refractivity contribution in [2.45, 2.75) is 26.4 Å². The lowest BCUT2D eigenvalue weighted by Gasteiger charge is -2.35. The largest absolute Gasteiger partial charge is 0.465 e. The third-order valence-electron chi connectivity index (χ3n) is 5.50. The zero-order valence-electron chi connectivity index (χ0n) is 16.3. The summed E-state index contributed by atoms with van der Waals surface area (Å²) in [6.07, 6.45) is -0.997. The second-order valence-electron chi connectivity index (χ2n) is 6.98. The fraction of sp³-hybridized carbons (Fsp3) is 0.333. The highest BCUT2D eigenvalue weighted by Crippen LogP contribution is 2.40. The lowest BCUT2D eigenvalue weighted by Crippen LogP contribution is -2.42. The molecule has 2 aromatic carbocycles. The topological polar surface area (TPSA) is 61.6 Å². The van der Waals surface area contributed by atoms with E-state index in [2.05, 4.69) is 29.4 Å². The van der Waals surface area contributed by atoms with Crippen molar-refractivity contribution in [2.24, 2.45) is 0 Å². The van der Waals surface area contributed by atoms with Gasteiger partial charge < -0.3 is 14.6 Å². The van der Waals surface area contributed by atoms with Gasteiger partial charge in [-0.15, -0.1) is 0 Å². The van der Waals surface area contributed by atoms with Crippen molar-refractivity contribution in [2.75, 3.05) is 24.5 Å².